The van der Waals surface area contributed by atoms with Gasteiger partial charge in [0.15, 0.2) is 16.6 Å². The molecule has 278 valence electrons. The highest BCUT2D eigenvalue weighted by Crippen LogP contribution is 2.39. The number of unbranched alkanes of at least 4 members (excludes halogenated alkanes) is 1. The smallest absolute Gasteiger partial charge is 0.416 e. The van der Waals surface area contributed by atoms with Crippen molar-refractivity contribution in [3.8, 4) is 5.75 Å². The number of ether oxygens (including phenoxy) is 2. The number of alkyl halides is 3. The topological polar surface area (TPSA) is 71.1 Å². The summed E-state index contributed by atoms with van der Waals surface area (Å²) in [7, 11) is -4.17. The van der Waals surface area contributed by atoms with Crippen molar-refractivity contribution in [1.29, 1.82) is 0 Å². The molecule has 1 saturated carbocycles. The van der Waals surface area contributed by atoms with E-state index in [9.17, 15) is 22.8 Å². The van der Waals surface area contributed by atoms with Crippen molar-refractivity contribution in [3.63, 3.8) is 0 Å². The van der Waals surface area contributed by atoms with Crippen molar-refractivity contribution in [2.75, 3.05) is 6.61 Å². The van der Waals surface area contributed by atoms with Crippen LogP contribution in [0.3, 0.4) is 0 Å². The van der Waals surface area contributed by atoms with Gasteiger partial charge < -0.3 is 18.3 Å². The minimum atomic E-state index is -4.47. The highest BCUT2D eigenvalue weighted by molar-refractivity contribution is 6.74. The molecule has 0 spiro atoms. The summed E-state index contributed by atoms with van der Waals surface area (Å²) in [5.41, 5.74) is -0.760. The lowest BCUT2D eigenvalue weighted by Crippen LogP contribution is -2.42. The maximum atomic E-state index is 13.6. The van der Waals surface area contributed by atoms with Gasteiger partial charge in [-0.25, -0.2) is 0 Å². The summed E-state index contributed by atoms with van der Waals surface area (Å²) in [4.78, 5) is 25.4. The number of hydrogen-bond donors (Lipinski definition) is 0. The van der Waals surface area contributed by atoms with Gasteiger partial charge in [0.1, 0.15) is 18.1 Å². The molecule has 49 heavy (non-hydrogen) atoms. The Kier molecular flexibility index (Phi) is 18.0. The molecule has 1 aromatic carbocycles. The van der Waals surface area contributed by atoms with E-state index in [1.807, 2.05) is 32.1 Å². The molecule has 1 aromatic rings. The molecule has 0 N–H and O–H groups in total. The first kappa shape index (κ1) is 42.9. The Morgan fingerprint density at radius 3 is 2.16 bits per heavy atom. The fourth-order valence-electron chi connectivity index (χ4n) is 6.64. The minimum absolute atomic E-state index is 0.0557. The number of Topliss-reactive ketones (excluding diaryl/α,β-unsaturated/α-hetero) is 1. The number of esters is 1. The predicted molar refractivity (Wildman–Crippen MR) is 196 cm³/mol. The Labute approximate surface area is 295 Å². The molecule has 6 nitrogen and oxygen atoms in total. The Bertz CT molecular complexity index is 1190. The molecule has 0 amide bonds. The quantitative estimate of drug-likeness (QED) is 0.0513. The first-order valence-corrected chi connectivity index (χ1v) is 23.5. The lowest BCUT2D eigenvalue weighted by atomic mass is 9.90. The summed E-state index contributed by atoms with van der Waals surface area (Å²) in [6.07, 6.45) is 5.44. The normalized spacial score (nSPS) is 19.8. The van der Waals surface area contributed by atoms with E-state index < -0.39 is 34.5 Å². The largest absolute Gasteiger partial charge is 0.491 e. The zero-order chi connectivity index (χ0) is 36.7. The summed E-state index contributed by atoms with van der Waals surface area (Å²) in [6, 6.07) is 10.6. The van der Waals surface area contributed by atoms with Crippen molar-refractivity contribution in [2.45, 2.75) is 148 Å². The molecule has 0 aliphatic heterocycles. The standard InChI is InChI=1S/C38H61F3O6Si2/c1-9-48(10-2,11-3)46-32(28-44-31-21-19-20-30(26-31)38(39,40)41)24-25-34-33(22-17-15-16-18-23-37(43)45-29(7)8)35(42)27-36(34)47-49(12-4,13-5)14-6/h15,17,19-21,24-26,29,32-34,36H,9-14,16,18,22-23,27-28H2,1-8H3/b17-15-,25-24+/t32-,33-,34-,36-/m1/s1. The van der Waals surface area contributed by atoms with Crippen molar-refractivity contribution in [3.05, 3.63) is 54.1 Å². The lowest BCUT2D eigenvalue weighted by Gasteiger charge is -2.34. The molecule has 1 aliphatic carbocycles. The van der Waals surface area contributed by atoms with Crippen LogP contribution >= 0.6 is 0 Å². The molecule has 0 heterocycles. The van der Waals surface area contributed by atoms with Crippen LogP contribution in [0.1, 0.15) is 93.1 Å². The van der Waals surface area contributed by atoms with E-state index >= 15 is 0 Å². The molecule has 0 saturated heterocycles. The molecular formula is C38H61F3O6Si2. The highest BCUT2D eigenvalue weighted by Gasteiger charge is 2.45. The SMILES string of the molecule is CC[Si](CC)(CC)O[C@H](/C=C/[C@H]1[C@H](O[Si](CC)(CC)CC)CC(=O)[C@@H]1C/C=C\CCCC(=O)OC(C)C)COc1cccc(C(F)(F)F)c1. The van der Waals surface area contributed by atoms with Gasteiger partial charge in [-0.1, -0.05) is 71.9 Å². The molecule has 0 bridgehead atoms. The van der Waals surface area contributed by atoms with Crippen LogP contribution in [0.4, 0.5) is 13.2 Å². The molecule has 0 radical (unpaired) electrons. The third-order valence-electron chi connectivity index (χ3n) is 10.2. The highest BCUT2D eigenvalue weighted by atomic mass is 28.4. The van der Waals surface area contributed by atoms with Crippen molar-refractivity contribution >= 4 is 28.4 Å². The van der Waals surface area contributed by atoms with Crippen LogP contribution in [0, 0.1) is 11.8 Å². The molecule has 11 heteroatoms. The van der Waals surface area contributed by atoms with Crippen molar-refractivity contribution in [1.82, 2.24) is 0 Å². The molecule has 0 aromatic heterocycles. The van der Waals surface area contributed by atoms with E-state index in [1.54, 1.807) is 0 Å². The van der Waals surface area contributed by atoms with E-state index in [2.05, 4.69) is 47.6 Å². The average Bonchev–Trinajstić information content (AvgIpc) is 3.37. The molecule has 1 fully saturated rings. The number of benzene rings is 1. The van der Waals surface area contributed by atoms with E-state index in [0.717, 1.165) is 48.4 Å². The van der Waals surface area contributed by atoms with Gasteiger partial charge >= 0.3 is 12.1 Å². The van der Waals surface area contributed by atoms with Crippen LogP contribution < -0.4 is 4.74 Å². The summed E-state index contributed by atoms with van der Waals surface area (Å²) in [5, 5.41) is 0. The molecular weight excluding hydrogens is 666 g/mol. The van der Waals surface area contributed by atoms with Gasteiger partial charge in [-0.15, -0.1) is 0 Å². The number of ketones is 1. The maximum absolute atomic E-state index is 13.6. The van der Waals surface area contributed by atoms with Crippen LogP contribution in [-0.4, -0.2) is 53.3 Å². The Balaban J connectivity index is 2.36. The monoisotopic (exact) mass is 726 g/mol. The number of allylic oxidation sites excluding steroid dienone is 2. The van der Waals surface area contributed by atoms with Crippen LogP contribution in [0.5, 0.6) is 5.75 Å². The second kappa shape index (κ2) is 20.6. The molecule has 0 unspecified atom stereocenters. The van der Waals surface area contributed by atoms with E-state index in [1.165, 1.54) is 12.1 Å². The van der Waals surface area contributed by atoms with E-state index in [-0.39, 0.29) is 48.2 Å². The van der Waals surface area contributed by atoms with Gasteiger partial charge in [0, 0.05) is 24.7 Å². The summed E-state index contributed by atoms with van der Waals surface area (Å²) in [5.74, 6) is -0.333. The maximum Gasteiger partial charge on any atom is 0.416 e. The van der Waals surface area contributed by atoms with Gasteiger partial charge in [0.25, 0.3) is 0 Å². The number of carbonyl (C=O) groups excluding carboxylic acids is 2. The third kappa shape index (κ3) is 13.4. The fourth-order valence-corrected chi connectivity index (χ4v) is 12.3. The number of hydrogen-bond acceptors (Lipinski definition) is 6. The molecule has 4 atom stereocenters. The Morgan fingerprint density at radius 2 is 1.59 bits per heavy atom. The number of rotatable bonds is 22. The van der Waals surface area contributed by atoms with Gasteiger partial charge in [-0.05, 0) is 87.6 Å². The van der Waals surface area contributed by atoms with Crippen LogP contribution in [0.15, 0.2) is 48.6 Å². The number of halogens is 3. The third-order valence-corrected chi connectivity index (χ3v) is 19.5. The fraction of sp³-hybridized carbons (Fsp3) is 0.684. The van der Waals surface area contributed by atoms with Gasteiger partial charge in [0.2, 0.25) is 0 Å². The first-order chi connectivity index (χ1) is 23.2. The van der Waals surface area contributed by atoms with Gasteiger partial charge in [0.05, 0.1) is 23.9 Å². The summed E-state index contributed by atoms with van der Waals surface area (Å²) in [6.45, 7) is 16.7. The van der Waals surface area contributed by atoms with Crippen LogP contribution in [0.25, 0.3) is 0 Å². The van der Waals surface area contributed by atoms with Crippen molar-refractivity contribution in [2.24, 2.45) is 11.8 Å². The zero-order valence-electron chi connectivity index (χ0n) is 31.1. The number of carbonyl (C=O) groups is 2. The lowest BCUT2D eigenvalue weighted by molar-refractivity contribution is -0.147. The summed E-state index contributed by atoms with van der Waals surface area (Å²) < 4.78 is 65.1. The van der Waals surface area contributed by atoms with Gasteiger partial charge in [-0.2, -0.15) is 13.2 Å². The second-order valence-corrected chi connectivity index (χ2v) is 23.0. The summed E-state index contributed by atoms with van der Waals surface area (Å²) >= 11 is 0. The zero-order valence-corrected chi connectivity index (χ0v) is 33.1. The molecule has 1 aliphatic rings. The predicted octanol–water partition coefficient (Wildman–Crippen LogP) is 10.7. The van der Waals surface area contributed by atoms with Crippen molar-refractivity contribution < 1.29 is 41.1 Å². The first-order valence-electron chi connectivity index (χ1n) is 18.4. The Morgan fingerprint density at radius 1 is 0.959 bits per heavy atom. The minimum Gasteiger partial charge on any atom is -0.491 e. The van der Waals surface area contributed by atoms with Crippen LogP contribution in [0.2, 0.25) is 36.3 Å². The second-order valence-electron chi connectivity index (χ2n) is 13.5. The van der Waals surface area contributed by atoms with Crippen LogP contribution in [-0.2, 0) is 29.4 Å². The molecule has 2 rings (SSSR count). The van der Waals surface area contributed by atoms with E-state index in [4.69, 9.17) is 18.3 Å². The average molecular weight is 727 g/mol. The Hall–Kier alpha value is -2.22. The van der Waals surface area contributed by atoms with Gasteiger partial charge in [-0.3, -0.25) is 9.59 Å². The van der Waals surface area contributed by atoms with E-state index in [0.29, 0.717) is 32.1 Å².